The van der Waals surface area contributed by atoms with Crippen molar-refractivity contribution in [3.63, 3.8) is 0 Å². The number of thiazole rings is 1. The number of nitrogens with one attached hydrogen (secondary N) is 1. The molecular weight excluding hydrogens is 264 g/mol. The zero-order valence-corrected chi connectivity index (χ0v) is 11.5. The lowest BCUT2D eigenvalue weighted by atomic mass is 10.2. The lowest BCUT2D eigenvalue weighted by molar-refractivity contribution is 0.0606. The van der Waals surface area contributed by atoms with E-state index in [4.69, 9.17) is 16.3 Å². The average molecular weight is 279 g/mol. The van der Waals surface area contributed by atoms with Gasteiger partial charge in [-0.15, -0.1) is 0 Å². The van der Waals surface area contributed by atoms with Crippen LogP contribution in [0.1, 0.15) is 16.6 Å². The van der Waals surface area contributed by atoms with Crippen LogP contribution in [0.4, 0.5) is 5.13 Å². The lowest BCUT2D eigenvalue weighted by Crippen LogP contribution is -2.15. The van der Waals surface area contributed by atoms with Crippen molar-refractivity contribution in [2.45, 2.75) is 6.92 Å². The van der Waals surface area contributed by atoms with Gasteiger partial charge in [-0.1, -0.05) is 29.9 Å². The van der Waals surface area contributed by atoms with Gasteiger partial charge in [0.25, 0.3) is 0 Å². The van der Waals surface area contributed by atoms with E-state index in [1.54, 1.807) is 7.11 Å². The molecule has 0 aliphatic carbocycles. The molecule has 0 spiro atoms. The highest BCUT2D eigenvalue weighted by molar-refractivity contribution is 7.18. The predicted molar refractivity (Wildman–Crippen MR) is 68.0 cm³/mol. The molecule has 1 unspecified atom stereocenters. The molecular formula is C10H15ClN2O3S. The summed E-state index contributed by atoms with van der Waals surface area (Å²) in [6.07, 6.45) is 0. The van der Waals surface area contributed by atoms with Crippen LogP contribution >= 0.6 is 22.9 Å². The first-order valence-corrected chi connectivity index (χ1v) is 6.25. The summed E-state index contributed by atoms with van der Waals surface area (Å²) in [7, 11) is 2.97. The number of methoxy groups -OCH3 is 2. The second-order valence-electron chi connectivity index (χ2n) is 3.57. The Kier molecular flexibility index (Phi) is 5.67. The fraction of sp³-hybridized carbons (Fsp3) is 0.600. The largest absolute Gasteiger partial charge is 0.465 e. The van der Waals surface area contributed by atoms with Gasteiger partial charge in [-0.3, -0.25) is 0 Å². The van der Waals surface area contributed by atoms with E-state index in [9.17, 15) is 4.79 Å². The minimum Gasteiger partial charge on any atom is -0.465 e. The van der Waals surface area contributed by atoms with E-state index >= 15 is 0 Å². The van der Waals surface area contributed by atoms with Gasteiger partial charge in [0.05, 0.1) is 13.7 Å². The summed E-state index contributed by atoms with van der Waals surface area (Å²) in [4.78, 5) is 15.7. The van der Waals surface area contributed by atoms with Crippen molar-refractivity contribution in [2.75, 3.05) is 32.7 Å². The Hall–Kier alpha value is -0.850. The van der Waals surface area contributed by atoms with E-state index in [-0.39, 0.29) is 5.15 Å². The molecule has 1 aromatic heterocycles. The summed E-state index contributed by atoms with van der Waals surface area (Å²) in [5.41, 5.74) is 0. The average Bonchev–Trinajstić information content (AvgIpc) is 2.67. The zero-order valence-electron chi connectivity index (χ0n) is 9.95. The molecule has 0 amide bonds. The van der Waals surface area contributed by atoms with E-state index in [1.165, 1.54) is 18.4 Å². The number of hydrogen-bond donors (Lipinski definition) is 1. The number of aromatic nitrogens is 1. The molecule has 0 bridgehead atoms. The maximum atomic E-state index is 11.3. The van der Waals surface area contributed by atoms with Gasteiger partial charge >= 0.3 is 5.97 Å². The molecule has 0 aliphatic heterocycles. The van der Waals surface area contributed by atoms with E-state index in [1.807, 2.05) is 6.92 Å². The van der Waals surface area contributed by atoms with Gasteiger partial charge in [0.15, 0.2) is 15.2 Å². The summed E-state index contributed by atoms with van der Waals surface area (Å²) in [5, 5.41) is 3.88. The van der Waals surface area contributed by atoms with Crippen molar-refractivity contribution < 1.29 is 14.3 Å². The van der Waals surface area contributed by atoms with Gasteiger partial charge < -0.3 is 14.8 Å². The summed E-state index contributed by atoms with van der Waals surface area (Å²) in [6, 6.07) is 0. The topological polar surface area (TPSA) is 60.5 Å². The van der Waals surface area contributed by atoms with Gasteiger partial charge in [0.2, 0.25) is 0 Å². The number of carbonyl (C=O) groups is 1. The second-order valence-corrected chi connectivity index (χ2v) is 4.93. The van der Waals surface area contributed by atoms with Crippen LogP contribution in [0.3, 0.4) is 0 Å². The van der Waals surface area contributed by atoms with Crippen LogP contribution in [-0.4, -0.2) is 38.3 Å². The molecule has 5 nitrogen and oxygen atoms in total. The van der Waals surface area contributed by atoms with Crippen LogP contribution in [0.25, 0.3) is 0 Å². The Labute approximate surface area is 109 Å². The van der Waals surface area contributed by atoms with Crippen molar-refractivity contribution >= 4 is 34.0 Å². The van der Waals surface area contributed by atoms with Crippen molar-refractivity contribution in [1.82, 2.24) is 4.98 Å². The van der Waals surface area contributed by atoms with Crippen molar-refractivity contribution in [3.8, 4) is 0 Å². The molecule has 0 fully saturated rings. The number of ether oxygens (including phenoxy) is 2. The predicted octanol–water partition coefficient (Wildman–Crippen LogP) is 2.28. The smallest absolute Gasteiger partial charge is 0.351 e. The summed E-state index contributed by atoms with van der Waals surface area (Å²) in [6.45, 7) is 3.42. The highest BCUT2D eigenvalue weighted by atomic mass is 35.5. The van der Waals surface area contributed by atoms with Gasteiger partial charge in [-0.05, 0) is 5.92 Å². The highest BCUT2D eigenvalue weighted by Crippen LogP contribution is 2.27. The highest BCUT2D eigenvalue weighted by Gasteiger charge is 2.17. The molecule has 1 rings (SSSR count). The molecule has 1 heterocycles. The van der Waals surface area contributed by atoms with Crippen LogP contribution in [-0.2, 0) is 9.47 Å². The molecule has 96 valence electrons. The first-order valence-electron chi connectivity index (χ1n) is 5.06. The quantitative estimate of drug-likeness (QED) is 0.809. The molecule has 0 aliphatic rings. The second kappa shape index (κ2) is 6.78. The van der Waals surface area contributed by atoms with Crippen LogP contribution in [0.2, 0.25) is 5.15 Å². The molecule has 0 radical (unpaired) electrons. The zero-order chi connectivity index (χ0) is 12.8. The van der Waals surface area contributed by atoms with Gasteiger partial charge in [0.1, 0.15) is 0 Å². The Morgan fingerprint density at radius 3 is 2.88 bits per heavy atom. The van der Waals surface area contributed by atoms with Crippen molar-refractivity contribution in [2.24, 2.45) is 5.92 Å². The first kappa shape index (κ1) is 14.2. The number of anilines is 1. The molecule has 1 aromatic rings. The minimum atomic E-state index is -0.467. The fourth-order valence-electron chi connectivity index (χ4n) is 1.20. The van der Waals surface area contributed by atoms with Crippen molar-refractivity contribution in [1.29, 1.82) is 0 Å². The number of carbonyl (C=O) groups excluding carboxylic acids is 1. The van der Waals surface area contributed by atoms with Gasteiger partial charge in [-0.2, -0.15) is 0 Å². The molecule has 0 saturated carbocycles. The summed E-state index contributed by atoms with van der Waals surface area (Å²) >= 11 is 7.01. The Morgan fingerprint density at radius 2 is 2.29 bits per heavy atom. The van der Waals surface area contributed by atoms with E-state index in [0.29, 0.717) is 29.1 Å². The molecule has 1 N–H and O–H groups in total. The standard InChI is InChI=1S/C10H15ClN2O3S/c1-6(5-15-2)4-12-10-13-8(11)7(17-10)9(14)16-3/h6H,4-5H2,1-3H3,(H,12,13). The number of hydrogen-bond acceptors (Lipinski definition) is 6. The van der Waals surface area contributed by atoms with E-state index in [0.717, 1.165) is 0 Å². The third kappa shape index (κ3) is 4.14. The summed E-state index contributed by atoms with van der Waals surface area (Å²) in [5.74, 6) is -0.116. The third-order valence-corrected chi connectivity index (χ3v) is 3.39. The molecule has 1 atom stereocenters. The molecule has 0 aromatic carbocycles. The number of nitrogens with zero attached hydrogens (tertiary/aromatic N) is 1. The van der Waals surface area contributed by atoms with Crippen LogP contribution in [0.5, 0.6) is 0 Å². The third-order valence-electron chi connectivity index (χ3n) is 2.01. The SMILES string of the molecule is COCC(C)CNc1nc(Cl)c(C(=O)OC)s1. The minimum absolute atomic E-state index is 0.170. The Morgan fingerprint density at radius 1 is 1.59 bits per heavy atom. The monoisotopic (exact) mass is 278 g/mol. The fourth-order valence-corrected chi connectivity index (χ4v) is 2.31. The van der Waals surface area contributed by atoms with Gasteiger partial charge in [0, 0.05) is 13.7 Å². The normalized spacial score (nSPS) is 12.2. The van der Waals surface area contributed by atoms with E-state index < -0.39 is 5.97 Å². The molecule has 17 heavy (non-hydrogen) atoms. The number of rotatable bonds is 6. The first-order chi connectivity index (χ1) is 8.08. The van der Waals surface area contributed by atoms with E-state index in [2.05, 4.69) is 15.0 Å². The number of esters is 1. The Bertz CT molecular complexity index is 384. The summed E-state index contributed by atoms with van der Waals surface area (Å²) < 4.78 is 9.61. The molecule has 0 saturated heterocycles. The van der Waals surface area contributed by atoms with Crippen LogP contribution in [0, 0.1) is 5.92 Å². The van der Waals surface area contributed by atoms with Gasteiger partial charge in [-0.25, -0.2) is 9.78 Å². The lowest BCUT2D eigenvalue weighted by Gasteiger charge is -2.09. The van der Waals surface area contributed by atoms with Crippen LogP contribution < -0.4 is 5.32 Å². The maximum absolute atomic E-state index is 11.3. The number of halogens is 1. The molecule has 7 heteroatoms. The van der Waals surface area contributed by atoms with Crippen LogP contribution in [0.15, 0.2) is 0 Å². The Balaban J connectivity index is 2.58. The van der Waals surface area contributed by atoms with Crippen molar-refractivity contribution in [3.05, 3.63) is 10.0 Å². The maximum Gasteiger partial charge on any atom is 0.351 e.